The summed E-state index contributed by atoms with van der Waals surface area (Å²) in [6.45, 7) is 4.02. The van der Waals surface area contributed by atoms with E-state index in [0.717, 1.165) is 0 Å². The summed E-state index contributed by atoms with van der Waals surface area (Å²) in [4.78, 5) is 0.305. The Morgan fingerprint density at radius 3 is 2.18 bits per heavy atom. The first kappa shape index (κ1) is 14.0. The fourth-order valence-electron chi connectivity index (χ4n) is 1.44. The molecule has 0 spiro atoms. The average molecular weight is 257 g/mol. The predicted molar refractivity (Wildman–Crippen MR) is 67.9 cm³/mol. The number of benzene rings is 1. The lowest BCUT2D eigenvalue weighted by Gasteiger charge is -2.21. The Bertz CT molecular complexity index is 463. The van der Waals surface area contributed by atoms with E-state index in [1.54, 1.807) is 31.4 Å². The Labute approximate surface area is 103 Å². The van der Waals surface area contributed by atoms with Crippen LogP contribution in [0.15, 0.2) is 29.2 Å². The standard InChI is InChI=1S/C12H19NO3S/c1-12(2,8-13)9-17(14,15)11-6-4-10(16-3)5-7-11/h4-7H,8-9,13H2,1-3H3. The first-order chi connectivity index (χ1) is 7.80. The Kier molecular flexibility index (Phi) is 4.16. The van der Waals surface area contributed by atoms with Gasteiger partial charge < -0.3 is 10.5 Å². The van der Waals surface area contributed by atoms with Crippen molar-refractivity contribution in [1.29, 1.82) is 0 Å². The molecule has 2 N–H and O–H groups in total. The van der Waals surface area contributed by atoms with E-state index in [4.69, 9.17) is 10.5 Å². The number of sulfone groups is 1. The van der Waals surface area contributed by atoms with E-state index < -0.39 is 15.3 Å². The van der Waals surface area contributed by atoms with E-state index >= 15 is 0 Å². The van der Waals surface area contributed by atoms with Gasteiger partial charge in [0.1, 0.15) is 5.75 Å². The van der Waals surface area contributed by atoms with E-state index in [2.05, 4.69) is 0 Å². The molecule has 5 heteroatoms. The first-order valence-electron chi connectivity index (χ1n) is 5.38. The van der Waals surface area contributed by atoms with Crippen LogP contribution in [0.3, 0.4) is 0 Å². The maximum absolute atomic E-state index is 12.1. The Morgan fingerprint density at radius 2 is 1.76 bits per heavy atom. The summed E-state index contributed by atoms with van der Waals surface area (Å²) in [5, 5.41) is 0. The minimum Gasteiger partial charge on any atom is -0.497 e. The largest absolute Gasteiger partial charge is 0.497 e. The molecule has 0 aliphatic heterocycles. The van der Waals surface area contributed by atoms with Gasteiger partial charge in [-0.05, 0) is 36.2 Å². The van der Waals surface area contributed by atoms with Gasteiger partial charge in [-0.3, -0.25) is 0 Å². The molecule has 4 nitrogen and oxygen atoms in total. The SMILES string of the molecule is COc1ccc(S(=O)(=O)CC(C)(C)CN)cc1. The highest BCUT2D eigenvalue weighted by molar-refractivity contribution is 7.91. The molecule has 0 aliphatic rings. The number of methoxy groups -OCH3 is 1. The molecule has 1 aromatic rings. The summed E-state index contributed by atoms with van der Waals surface area (Å²) < 4.78 is 29.2. The van der Waals surface area contributed by atoms with Crippen LogP contribution in [0.1, 0.15) is 13.8 Å². The molecule has 0 radical (unpaired) electrons. The highest BCUT2D eigenvalue weighted by atomic mass is 32.2. The lowest BCUT2D eigenvalue weighted by Crippen LogP contribution is -2.31. The van der Waals surface area contributed by atoms with Gasteiger partial charge in [0.15, 0.2) is 9.84 Å². The van der Waals surface area contributed by atoms with Crippen LogP contribution >= 0.6 is 0 Å². The normalized spacial score (nSPS) is 12.5. The van der Waals surface area contributed by atoms with E-state index in [9.17, 15) is 8.42 Å². The second-order valence-corrected chi connectivity index (χ2v) is 6.79. The zero-order valence-corrected chi connectivity index (χ0v) is 11.3. The number of rotatable bonds is 5. The molecule has 0 heterocycles. The third kappa shape index (κ3) is 3.71. The van der Waals surface area contributed by atoms with Gasteiger partial charge in [0.2, 0.25) is 0 Å². The van der Waals surface area contributed by atoms with Crippen LogP contribution in [0.2, 0.25) is 0 Å². The molecule has 0 amide bonds. The van der Waals surface area contributed by atoms with Gasteiger partial charge in [-0.1, -0.05) is 13.8 Å². The molecule has 1 rings (SSSR count). The second-order valence-electron chi connectivity index (χ2n) is 4.80. The molecule has 0 saturated heterocycles. The Morgan fingerprint density at radius 1 is 1.24 bits per heavy atom. The fourth-order valence-corrected chi connectivity index (χ4v) is 3.30. The zero-order chi connectivity index (χ0) is 13.1. The molecule has 96 valence electrons. The van der Waals surface area contributed by atoms with E-state index in [-0.39, 0.29) is 5.75 Å². The van der Waals surface area contributed by atoms with Crippen LogP contribution in [0.5, 0.6) is 5.75 Å². The van der Waals surface area contributed by atoms with E-state index in [1.165, 1.54) is 0 Å². The summed E-state index contributed by atoms with van der Waals surface area (Å²) in [5.41, 5.74) is 5.13. The minimum absolute atomic E-state index is 0.0445. The van der Waals surface area contributed by atoms with E-state index in [1.807, 2.05) is 13.8 Å². The Balaban J connectivity index is 2.97. The topological polar surface area (TPSA) is 69.4 Å². The van der Waals surface area contributed by atoms with Crippen LogP contribution in [0.25, 0.3) is 0 Å². The number of ether oxygens (including phenoxy) is 1. The van der Waals surface area contributed by atoms with Crippen molar-refractivity contribution in [1.82, 2.24) is 0 Å². The monoisotopic (exact) mass is 257 g/mol. The third-order valence-electron chi connectivity index (χ3n) is 2.55. The van der Waals surface area contributed by atoms with Crippen LogP contribution in [-0.2, 0) is 9.84 Å². The zero-order valence-electron chi connectivity index (χ0n) is 10.4. The van der Waals surface area contributed by atoms with Crippen molar-refractivity contribution in [2.24, 2.45) is 11.1 Å². The van der Waals surface area contributed by atoms with Gasteiger partial charge in [-0.25, -0.2) is 8.42 Å². The van der Waals surface area contributed by atoms with Crippen LogP contribution in [0.4, 0.5) is 0 Å². The smallest absolute Gasteiger partial charge is 0.178 e. The maximum atomic E-state index is 12.1. The van der Waals surface area contributed by atoms with Gasteiger partial charge in [0, 0.05) is 0 Å². The highest BCUT2D eigenvalue weighted by Crippen LogP contribution is 2.23. The van der Waals surface area contributed by atoms with E-state index in [0.29, 0.717) is 17.2 Å². The lowest BCUT2D eigenvalue weighted by molar-refractivity contribution is 0.414. The number of nitrogens with two attached hydrogens (primary N) is 1. The second kappa shape index (κ2) is 5.06. The van der Waals surface area contributed by atoms with Crippen molar-refractivity contribution in [2.45, 2.75) is 18.7 Å². The summed E-state index contributed by atoms with van der Waals surface area (Å²) in [5.74, 6) is 0.685. The third-order valence-corrected chi connectivity index (χ3v) is 4.70. The van der Waals surface area contributed by atoms with Crippen LogP contribution in [0, 0.1) is 5.41 Å². The summed E-state index contributed by atoms with van der Waals surface area (Å²) >= 11 is 0. The van der Waals surface area contributed by atoms with Crippen molar-refractivity contribution in [3.63, 3.8) is 0 Å². The summed E-state index contributed by atoms with van der Waals surface area (Å²) in [7, 11) is -1.75. The highest BCUT2D eigenvalue weighted by Gasteiger charge is 2.26. The number of hydrogen-bond donors (Lipinski definition) is 1. The molecule has 1 aromatic carbocycles. The van der Waals surface area contributed by atoms with Gasteiger partial charge in [-0.15, -0.1) is 0 Å². The molecule has 0 aromatic heterocycles. The molecule has 0 fully saturated rings. The van der Waals surface area contributed by atoms with Gasteiger partial charge in [0.05, 0.1) is 17.8 Å². The fraction of sp³-hybridized carbons (Fsp3) is 0.500. The predicted octanol–water partition coefficient (Wildman–Crippen LogP) is 1.45. The molecule has 0 bridgehead atoms. The van der Waals surface area contributed by atoms with Crippen molar-refractivity contribution in [3.05, 3.63) is 24.3 Å². The lowest BCUT2D eigenvalue weighted by atomic mass is 9.97. The Hall–Kier alpha value is -1.07. The van der Waals surface area contributed by atoms with Gasteiger partial charge >= 0.3 is 0 Å². The minimum atomic E-state index is -3.29. The molecule has 0 unspecified atom stereocenters. The molecule has 17 heavy (non-hydrogen) atoms. The van der Waals surface area contributed by atoms with Crippen molar-refractivity contribution >= 4 is 9.84 Å². The summed E-state index contributed by atoms with van der Waals surface area (Å²) in [6, 6.07) is 6.40. The average Bonchev–Trinajstić information content (AvgIpc) is 2.28. The molecular weight excluding hydrogens is 238 g/mol. The van der Waals surface area contributed by atoms with Gasteiger partial charge in [0.25, 0.3) is 0 Å². The molecular formula is C12H19NO3S. The summed E-state index contributed by atoms with van der Waals surface area (Å²) in [6.07, 6.45) is 0. The van der Waals surface area contributed by atoms with Crippen molar-refractivity contribution in [2.75, 3.05) is 19.4 Å². The first-order valence-corrected chi connectivity index (χ1v) is 7.03. The van der Waals surface area contributed by atoms with Crippen molar-refractivity contribution in [3.8, 4) is 5.75 Å². The quantitative estimate of drug-likeness (QED) is 0.867. The van der Waals surface area contributed by atoms with Crippen LogP contribution < -0.4 is 10.5 Å². The molecule has 0 saturated carbocycles. The van der Waals surface area contributed by atoms with Crippen molar-refractivity contribution < 1.29 is 13.2 Å². The number of hydrogen-bond acceptors (Lipinski definition) is 4. The maximum Gasteiger partial charge on any atom is 0.178 e. The van der Waals surface area contributed by atoms with Crippen LogP contribution in [-0.4, -0.2) is 27.8 Å². The van der Waals surface area contributed by atoms with Gasteiger partial charge in [-0.2, -0.15) is 0 Å². The molecule has 0 atom stereocenters. The molecule has 0 aliphatic carbocycles.